The Hall–Kier alpha value is -2.14. The predicted octanol–water partition coefficient (Wildman–Crippen LogP) is 4.20. The van der Waals surface area contributed by atoms with E-state index in [1.807, 2.05) is 12.1 Å². The van der Waals surface area contributed by atoms with Crippen molar-refractivity contribution in [1.29, 1.82) is 0 Å². The van der Waals surface area contributed by atoms with Crippen LogP contribution in [0.1, 0.15) is 49.0 Å². The van der Waals surface area contributed by atoms with Gasteiger partial charge < -0.3 is 0 Å². The summed E-state index contributed by atoms with van der Waals surface area (Å²) in [6, 6.07) is 13.5. The van der Waals surface area contributed by atoms with Crippen LogP contribution in [0.4, 0.5) is 5.69 Å². The smallest absolute Gasteiger partial charge is 0.261 e. The average Bonchev–Trinajstić information content (AvgIpc) is 2.54. The number of carbonyl (C=O) groups is 1. The zero-order valence-electron chi connectivity index (χ0n) is 13.5. The van der Waals surface area contributed by atoms with Crippen LogP contribution < -0.4 is 4.72 Å². The Morgan fingerprint density at radius 1 is 1.13 bits per heavy atom. The van der Waals surface area contributed by atoms with E-state index < -0.39 is 10.0 Å². The summed E-state index contributed by atoms with van der Waals surface area (Å²) in [7, 11) is -3.74. The molecular weight excluding hydrogens is 310 g/mol. The molecule has 0 saturated carbocycles. The van der Waals surface area contributed by atoms with Crippen LogP contribution in [0, 0.1) is 0 Å². The second kappa shape index (κ2) is 6.96. The summed E-state index contributed by atoms with van der Waals surface area (Å²) in [6.07, 6.45) is 0.915. The summed E-state index contributed by atoms with van der Waals surface area (Å²) in [5.41, 5.74) is 1.92. The number of sulfonamides is 1. The lowest BCUT2D eigenvalue weighted by Crippen LogP contribution is -2.15. The monoisotopic (exact) mass is 331 g/mol. The van der Waals surface area contributed by atoms with Crippen molar-refractivity contribution in [3.63, 3.8) is 0 Å². The minimum absolute atomic E-state index is 0.0872. The SMILES string of the molecule is CC[C@@H](C)c1ccccc1NS(=O)(=O)c1cccc(C(C)=O)c1. The molecule has 0 unspecified atom stereocenters. The average molecular weight is 331 g/mol. The largest absolute Gasteiger partial charge is 0.295 e. The van der Waals surface area contributed by atoms with Gasteiger partial charge in [-0.05, 0) is 43.0 Å². The van der Waals surface area contributed by atoms with Crippen molar-refractivity contribution in [2.45, 2.75) is 38.0 Å². The number of Topliss-reactive ketones (excluding diaryl/α,β-unsaturated/α-hetero) is 1. The zero-order chi connectivity index (χ0) is 17.0. The van der Waals surface area contributed by atoms with E-state index in [1.165, 1.54) is 19.1 Å². The molecule has 0 heterocycles. The fourth-order valence-corrected chi connectivity index (χ4v) is 3.46. The maximum Gasteiger partial charge on any atom is 0.261 e. The molecule has 0 saturated heterocycles. The molecule has 2 aromatic carbocycles. The van der Waals surface area contributed by atoms with Crippen LogP contribution in [0.25, 0.3) is 0 Å². The lowest BCUT2D eigenvalue weighted by Gasteiger charge is -2.16. The molecule has 1 atom stereocenters. The molecule has 0 aliphatic heterocycles. The van der Waals surface area contributed by atoms with Gasteiger partial charge in [-0.25, -0.2) is 8.42 Å². The molecule has 5 heteroatoms. The van der Waals surface area contributed by atoms with Crippen molar-refractivity contribution in [3.05, 3.63) is 59.7 Å². The standard InChI is InChI=1S/C18H21NO3S/c1-4-13(2)17-10-5-6-11-18(17)19-23(21,22)16-9-7-8-15(12-16)14(3)20/h5-13,19H,4H2,1-3H3/t13-/m1/s1. The normalized spacial score (nSPS) is 12.7. The van der Waals surface area contributed by atoms with E-state index >= 15 is 0 Å². The number of para-hydroxylation sites is 1. The van der Waals surface area contributed by atoms with Crippen LogP contribution in [0.5, 0.6) is 0 Å². The molecule has 0 aliphatic rings. The first-order valence-corrected chi connectivity index (χ1v) is 9.06. The number of hydrogen-bond acceptors (Lipinski definition) is 3. The van der Waals surface area contributed by atoms with Gasteiger partial charge in [-0.3, -0.25) is 9.52 Å². The Morgan fingerprint density at radius 3 is 2.48 bits per heavy atom. The van der Waals surface area contributed by atoms with Crippen LogP contribution in [-0.4, -0.2) is 14.2 Å². The van der Waals surface area contributed by atoms with Gasteiger partial charge >= 0.3 is 0 Å². The van der Waals surface area contributed by atoms with E-state index in [2.05, 4.69) is 18.6 Å². The molecule has 0 spiro atoms. The van der Waals surface area contributed by atoms with Crippen LogP contribution in [0.3, 0.4) is 0 Å². The highest BCUT2D eigenvalue weighted by Crippen LogP contribution is 2.28. The van der Waals surface area contributed by atoms with E-state index in [9.17, 15) is 13.2 Å². The molecule has 0 bridgehead atoms. The first kappa shape index (κ1) is 17.2. The van der Waals surface area contributed by atoms with Gasteiger partial charge in [0.25, 0.3) is 10.0 Å². The Labute approximate surface area is 137 Å². The highest BCUT2D eigenvalue weighted by Gasteiger charge is 2.18. The third kappa shape index (κ3) is 3.99. The Balaban J connectivity index is 2.40. The molecule has 4 nitrogen and oxygen atoms in total. The molecule has 0 fully saturated rings. The van der Waals surface area contributed by atoms with Crippen molar-refractivity contribution >= 4 is 21.5 Å². The Bertz CT molecular complexity index is 813. The minimum Gasteiger partial charge on any atom is -0.295 e. The molecular formula is C18H21NO3S. The van der Waals surface area contributed by atoms with Gasteiger partial charge in [-0.15, -0.1) is 0 Å². The molecule has 2 rings (SSSR count). The fraction of sp³-hybridized carbons (Fsp3) is 0.278. The second-order valence-corrected chi connectivity index (χ2v) is 7.27. The van der Waals surface area contributed by atoms with E-state index in [1.54, 1.807) is 24.3 Å². The Morgan fingerprint density at radius 2 is 1.83 bits per heavy atom. The molecule has 0 aliphatic carbocycles. The lowest BCUT2D eigenvalue weighted by molar-refractivity contribution is 0.101. The molecule has 0 radical (unpaired) electrons. The number of anilines is 1. The van der Waals surface area contributed by atoms with Gasteiger partial charge in [0.15, 0.2) is 5.78 Å². The summed E-state index contributed by atoms with van der Waals surface area (Å²) < 4.78 is 27.9. The van der Waals surface area contributed by atoms with Gasteiger partial charge in [-0.2, -0.15) is 0 Å². The fourth-order valence-electron chi connectivity index (χ4n) is 2.33. The van der Waals surface area contributed by atoms with Crippen molar-refractivity contribution in [3.8, 4) is 0 Å². The summed E-state index contributed by atoms with van der Waals surface area (Å²) >= 11 is 0. The molecule has 2 aromatic rings. The predicted molar refractivity (Wildman–Crippen MR) is 92.4 cm³/mol. The van der Waals surface area contributed by atoms with Crippen molar-refractivity contribution in [2.75, 3.05) is 4.72 Å². The Kier molecular flexibility index (Phi) is 5.21. The number of ketones is 1. The molecule has 122 valence electrons. The van der Waals surface area contributed by atoms with Gasteiger partial charge in [0, 0.05) is 5.56 Å². The molecule has 0 amide bonds. The quantitative estimate of drug-likeness (QED) is 0.807. The zero-order valence-corrected chi connectivity index (χ0v) is 14.4. The number of hydrogen-bond donors (Lipinski definition) is 1. The number of benzene rings is 2. The first-order chi connectivity index (χ1) is 10.8. The van der Waals surface area contributed by atoms with Gasteiger partial charge in [-0.1, -0.05) is 44.2 Å². The third-order valence-corrected chi connectivity index (χ3v) is 5.26. The molecule has 23 heavy (non-hydrogen) atoms. The van der Waals surface area contributed by atoms with Crippen LogP contribution >= 0.6 is 0 Å². The number of carbonyl (C=O) groups excluding carboxylic acids is 1. The summed E-state index contributed by atoms with van der Waals surface area (Å²) in [5.74, 6) is 0.0829. The van der Waals surface area contributed by atoms with Gasteiger partial charge in [0.2, 0.25) is 0 Å². The van der Waals surface area contributed by atoms with E-state index in [0.717, 1.165) is 12.0 Å². The van der Waals surface area contributed by atoms with Crippen molar-refractivity contribution in [1.82, 2.24) is 0 Å². The highest BCUT2D eigenvalue weighted by molar-refractivity contribution is 7.92. The molecule has 1 N–H and O–H groups in total. The third-order valence-electron chi connectivity index (χ3n) is 3.90. The first-order valence-electron chi connectivity index (χ1n) is 7.58. The van der Waals surface area contributed by atoms with Crippen LogP contribution in [-0.2, 0) is 10.0 Å². The van der Waals surface area contributed by atoms with Gasteiger partial charge in [0.05, 0.1) is 10.6 Å². The molecule has 0 aromatic heterocycles. The summed E-state index contributed by atoms with van der Waals surface area (Å²) in [4.78, 5) is 11.5. The van der Waals surface area contributed by atoms with Gasteiger partial charge in [0.1, 0.15) is 0 Å². The maximum atomic E-state index is 12.6. The maximum absolute atomic E-state index is 12.6. The van der Waals surface area contributed by atoms with Crippen molar-refractivity contribution < 1.29 is 13.2 Å². The number of nitrogens with one attached hydrogen (secondary N) is 1. The number of rotatable bonds is 6. The highest BCUT2D eigenvalue weighted by atomic mass is 32.2. The summed E-state index contributed by atoms with van der Waals surface area (Å²) in [5, 5.41) is 0. The van der Waals surface area contributed by atoms with Crippen molar-refractivity contribution in [2.24, 2.45) is 0 Å². The van der Waals surface area contributed by atoms with Crippen LogP contribution in [0.15, 0.2) is 53.4 Å². The van der Waals surface area contributed by atoms with E-state index in [-0.39, 0.29) is 16.6 Å². The topological polar surface area (TPSA) is 63.2 Å². The lowest BCUT2D eigenvalue weighted by atomic mass is 9.97. The second-order valence-electron chi connectivity index (χ2n) is 5.59. The van der Waals surface area contributed by atoms with Crippen LogP contribution in [0.2, 0.25) is 0 Å². The van der Waals surface area contributed by atoms with E-state index in [0.29, 0.717) is 11.3 Å². The minimum atomic E-state index is -3.74. The van der Waals surface area contributed by atoms with E-state index in [4.69, 9.17) is 0 Å². The summed E-state index contributed by atoms with van der Waals surface area (Å²) in [6.45, 7) is 5.53.